The Kier molecular flexibility index (Phi) is 4.23. The van der Waals surface area contributed by atoms with Crippen molar-refractivity contribution in [3.05, 3.63) is 29.3 Å². The Morgan fingerprint density at radius 2 is 1.88 bits per heavy atom. The predicted molar refractivity (Wildman–Crippen MR) is 88.0 cm³/mol. The van der Waals surface area contributed by atoms with Crippen LogP contribution in [0.4, 0.5) is 0 Å². The molecule has 2 heterocycles. The van der Waals surface area contributed by atoms with E-state index in [4.69, 9.17) is 5.73 Å². The number of imide groups is 1. The molecule has 1 saturated heterocycles. The summed E-state index contributed by atoms with van der Waals surface area (Å²) in [6.45, 7) is 2.70. The fraction of sp³-hybridized carbons (Fsp3) is 0.500. The first-order valence-corrected chi connectivity index (χ1v) is 9.39. The van der Waals surface area contributed by atoms with Gasteiger partial charge >= 0.3 is 0 Å². The van der Waals surface area contributed by atoms with E-state index in [0.29, 0.717) is 13.1 Å². The number of sulfonamides is 1. The van der Waals surface area contributed by atoms with Crippen LogP contribution in [0.3, 0.4) is 0 Å². The minimum Gasteiger partial charge on any atom is -0.328 e. The van der Waals surface area contributed by atoms with Gasteiger partial charge in [-0.3, -0.25) is 14.5 Å². The molecule has 0 saturated carbocycles. The van der Waals surface area contributed by atoms with E-state index < -0.39 is 21.8 Å². The van der Waals surface area contributed by atoms with Crippen LogP contribution < -0.4 is 5.73 Å². The molecule has 7 nitrogen and oxygen atoms in total. The minimum absolute atomic E-state index is 0.0445. The Balaban J connectivity index is 1.94. The summed E-state index contributed by atoms with van der Waals surface area (Å²) in [5.74, 6) is -0.759. The van der Waals surface area contributed by atoms with Crippen LogP contribution in [0.5, 0.6) is 0 Å². The predicted octanol–water partition coefficient (Wildman–Crippen LogP) is 0.660. The number of carbonyl (C=O) groups is 2. The van der Waals surface area contributed by atoms with Crippen LogP contribution in [0.1, 0.15) is 40.5 Å². The van der Waals surface area contributed by atoms with Crippen molar-refractivity contribution in [2.45, 2.75) is 30.7 Å². The number of benzene rings is 1. The molecule has 2 unspecified atom stereocenters. The summed E-state index contributed by atoms with van der Waals surface area (Å²) < 4.78 is 27.2. The third-order valence-electron chi connectivity index (χ3n) is 4.86. The third kappa shape index (κ3) is 2.64. The SMILES string of the molecule is CC(N)C1CCCN(S(=O)(=O)c2ccc3c(c2)C(=O)N(C)C3=O)C1. The number of rotatable bonds is 3. The lowest BCUT2D eigenvalue weighted by atomic mass is 9.93. The molecule has 0 spiro atoms. The van der Waals surface area contributed by atoms with Gasteiger partial charge in [-0.15, -0.1) is 0 Å². The molecule has 0 bridgehead atoms. The van der Waals surface area contributed by atoms with Gasteiger partial charge in [0, 0.05) is 26.2 Å². The molecular weight excluding hydrogens is 330 g/mol. The number of amides is 2. The van der Waals surface area contributed by atoms with Crippen molar-refractivity contribution in [1.82, 2.24) is 9.21 Å². The van der Waals surface area contributed by atoms with Crippen LogP contribution in [0, 0.1) is 5.92 Å². The Hall–Kier alpha value is -1.77. The number of fused-ring (bicyclic) bond motifs is 1. The third-order valence-corrected chi connectivity index (χ3v) is 6.72. The van der Waals surface area contributed by atoms with Crippen LogP contribution in [-0.4, -0.2) is 55.6 Å². The van der Waals surface area contributed by atoms with Gasteiger partial charge in [-0.1, -0.05) is 0 Å². The van der Waals surface area contributed by atoms with Crippen molar-refractivity contribution in [3.8, 4) is 0 Å². The van der Waals surface area contributed by atoms with Crippen LogP contribution >= 0.6 is 0 Å². The smallest absolute Gasteiger partial charge is 0.261 e. The van der Waals surface area contributed by atoms with Gasteiger partial charge < -0.3 is 5.73 Å². The molecule has 2 N–H and O–H groups in total. The molecule has 0 aromatic heterocycles. The van der Waals surface area contributed by atoms with E-state index in [9.17, 15) is 18.0 Å². The topological polar surface area (TPSA) is 101 Å². The molecule has 8 heteroatoms. The normalized spacial score (nSPS) is 23.5. The standard InChI is InChI=1S/C16H21N3O4S/c1-10(17)11-4-3-7-19(9-11)24(22,23)12-5-6-13-14(8-12)16(21)18(2)15(13)20/h5-6,8,10-11H,3-4,7,9,17H2,1-2H3. The van der Waals surface area contributed by atoms with Crippen molar-refractivity contribution in [2.75, 3.05) is 20.1 Å². The largest absolute Gasteiger partial charge is 0.328 e. The minimum atomic E-state index is -3.71. The first-order valence-electron chi connectivity index (χ1n) is 7.95. The molecule has 2 aliphatic rings. The number of piperidine rings is 1. The highest BCUT2D eigenvalue weighted by molar-refractivity contribution is 7.89. The fourth-order valence-corrected chi connectivity index (χ4v) is 4.83. The lowest BCUT2D eigenvalue weighted by molar-refractivity contribution is 0.0693. The van der Waals surface area contributed by atoms with Gasteiger partial charge in [-0.05, 0) is 43.9 Å². The lowest BCUT2D eigenvalue weighted by Gasteiger charge is -2.33. The number of carbonyl (C=O) groups excluding carboxylic acids is 2. The number of nitrogens with two attached hydrogens (primary N) is 1. The zero-order chi connectivity index (χ0) is 17.6. The van der Waals surface area contributed by atoms with Gasteiger partial charge in [0.1, 0.15) is 0 Å². The van der Waals surface area contributed by atoms with Crippen molar-refractivity contribution < 1.29 is 18.0 Å². The maximum atomic E-state index is 12.9. The zero-order valence-electron chi connectivity index (χ0n) is 13.7. The molecule has 1 aromatic rings. The number of hydrogen-bond acceptors (Lipinski definition) is 5. The molecule has 3 rings (SSSR count). The highest BCUT2D eigenvalue weighted by Crippen LogP contribution is 2.29. The van der Waals surface area contributed by atoms with Crippen LogP contribution in [0.2, 0.25) is 0 Å². The average Bonchev–Trinajstić information content (AvgIpc) is 2.79. The van der Waals surface area contributed by atoms with Crippen LogP contribution in [0.25, 0.3) is 0 Å². The van der Waals surface area contributed by atoms with Gasteiger partial charge in [0.25, 0.3) is 11.8 Å². The molecule has 130 valence electrons. The summed E-state index contributed by atoms with van der Waals surface area (Å²) in [5, 5.41) is 0. The second kappa shape index (κ2) is 5.94. The quantitative estimate of drug-likeness (QED) is 0.806. The van der Waals surface area contributed by atoms with Gasteiger partial charge in [0.15, 0.2) is 0 Å². The van der Waals surface area contributed by atoms with Crippen molar-refractivity contribution in [2.24, 2.45) is 11.7 Å². The molecular formula is C16H21N3O4S. The molecule has 1 aromatic carbocycles. The average molecular weight is 351 g/mol. The summed E-state index contributed by atoms with van der Waals surface area (Å²) >= 11 is 0. The summed E-state index contributed by atoms with van der Waals surface area (Å²) in [5.41, 5.74) is 6.31. The summed E-state index contributed by atoms with van der Waals surface area (Å²) in [7, 11) is -2.33. The molecule has 2 atom stereocenters. The van der Waals surface area contributed by atoms with Crippen LogP contribution in [0.15, 0.2) is 23.1 Å². The monoisotopic (exact) mass is 351 g/mol. The number of nitrogens with zero attached hydrogens (tertiary/aromatic N) is 2. The molecule has 24 heavy (non-hydrogen) atoms. The van der Waals surface area contributed by atoms with Crippen LogP contribution in [-0.2, 0) is 10.0 Å². The van der Waals surface area contributed by atoms with Gasteiger partial charge in [0.2, 0.25) is 10.0 Å². The molecule has 2 aliphatic heterocycles. The van der Waals surface area contributed by atoms with Crippen molar-refractivity contribution in [3.63, 3.8) is 0 Å². The molecule has 0 radical (unpaired) electrons. The van der Waals surface area contributed by atoms with Gasteiger partial charge in [-0.25, -0.2) is 8.42 Å². The summed E-state index contributed by atoms with van der Waals surface area (Å²) in [6, 6.07) is 4.05. The Bertz CT molecular complexity index is 804. The maximum absolute atomic E-state index is 12.9. The zero-order valence-corrected chi connectivity index (χ0v) is 14.5. The van der Waals surface area contributed by atoms with E-state index in [1.54, 1.807) is 0 Å². The van der Waals surface area contributed by atoms with E-state index in [1.165, 1.54) is 29.6 Å². The van der Waals surface area contributed by atoms with E-state index in [1.807, 2.05) is 6.92 Å². The van der Waals surface area contributed by atoms with E-state index in [2.05, 4.69) is 0 Å². The lowest BCUT2D eigenvalue weighted by Crippen LogP contribution is -2.44. The van der Waals surface area contributed by atoms with E-state index >= 15 is 0 Å². The summed E-state index contributed by atoms with van der Waals surface area (Å²) in [6.07, 6.45) is 1.67. The molecule has 1 fully saturated rings. The van der Waals surface area contributed by atoms with Gasteiger partial charge in [0.05, 0.1) is 16.0 Å². The van der Waals surface area contributed by atoms with Crippen molar-refractivity contribution in [1.29, 1.82) is 0 Å². The fourth-order valence-electron chi connectivity index (χ4n) is 3.27. The Labute approximate surface area is 141 Å². The van der Waals surface area contributed by atoms with E-state index in [-0.39, 0.29) is 28.0 Å². The number of hydrogen-bond donors (Lipinski definition) is 1. The Morgan fingerprint density at radius 3 is 2.54 bits per heavy atom. The van der Waals surface area contributed by atoms with Crippen molar-refractivity contribution >= 4 is 21.8 Å². The maximum Gasteiger partial charge on any atom is 0.261 e. The Morgan fingerprint density at radius 1 is 1.21 bits per heavy atom. The van der Waals surface area contributed by atoms with E-state index in [0.717, 1.165) is 17.7 Å². The molecule has 2 amide bonds. The first kappa shape index (κ1) is 17.1. The molecule has 0 aliphatic carbocycles. The first-order chi connectivity index (χ1) is 11.2. The highest BCUT2D eigenvalue weighted by Gasteiger charge is 2.36. The second-order valence-electron chi connectivity index (χ2n) is 6.50. The second-order valence-corrected chi connectivity index (χ2v) is 8.44. The highest BCUT2D eigenvalue weighted by atomic mass is 32.2. The van der Waals surface area contributed by atoms with Gasteiger partial charge in [-0.2, -0.15) is 4.31 Å². The summed E-state index contributed by atoms with van der Waals surface area (Å²) in [4.78, 5) is 25.0.